The normalized spacial score (nSPS) is 20.2. The smallest absolute Gasteiger partial charge is 0.322 e. The van der Waals surface area contributed by atoms with Gasteiger partial charge in [-0.15, -0.1) is 0 Å². The predicted molar refractivity (Wildman–Crippen MR) is 85.9 cm³/mol. The molecule has 0 unspecified atom stereocenters. The molecule has 9 heteroatoms. The van der Waals surface area contributed by atoms with Gasteiger partial charge in [-0.05, 0) is 19.1 Å². The minimum absolute atomic E-state index is 0.0141. The number of aromatic amines is 1. The van der Waals surface area contributed by atoms with Crippen molar-refractivity contribution in [3.63, 3.8) is 0 Å². The molecule has 128 valence electrons. The number of pyridine rings is 1. The van der Waals surface area contributed by atoms with E-state index in [9.17, 15) is 4.79 Å². The van der Waals surface area contributed by atoms with Crippen LogP contribution in [0.25, 0.3) is 0 Å². The lowest BCUT2D eigenvalue weighted by Crippen LogP contribution is -2.34. The molecule has 2 atom stereocenters. The third-order valence-electron chi connectivity index (χ3n) is 3.96. The summed E-state index contributed by atoms with van der Waals surface area (Å²) in [5.41, 5.74) is 1.33. The number of ether oxygens (including phenoxy) is 2. The first-order valence-corrected chi connectivity index (χ1v) is 7.75. The van der Waals surface area contributed by atoms with Gasteiger partial charge >= 0.3 is 6.03 Å². The molecule has 0 radical (unpaired) electrons. The molecule has 0 aromatic carbocycles. The Hall–Kier alpha value is -2.68. The summed E-state index contributed by atoms with van der Waals surface area (Å²) < 4.78 is 10.9. The number of hydrogen-bond donors (Lipinski definition) is 2. The Balaban J connectivity index is 1.70. The molecule has 2 N–H and O–H groups in total. The number of carbonyl (C=O) groups is 1. The molecule has 1 aliphatic rings. The van der Waals surface area contributed by atoms with Crippen LogP contribution >= 0.6 is 0 Å². The lowest BCUT2D eigenvalue weighted by molar-refractivity contribution is 0.0987. The van der Waals surface area contributed by atoms with Crippen molar-refractivity contribution in [1.82, 2.24) is 25.3 Å². The van der Waals surface area contributed by atoms with Gasteiger partial charge in [-0.2, -0.15) is 15.4 Å². The van der Waals surface area contributed by atoms with Crippen LogP contribution in [0.5, 0.6) is 5.88 Å². The molecule has 0 aliphatic carbocycles. The van der Waals surface area contributed by atoms with Gasteiger partial charge < -0.3 is 19.7 Å². The van der Waals surface area contributed by atoms with Crippen LogP contribution < -0.4 is 10.1 Å². The van der Waals surface area contributed by atoms with Gasteiger partial charge in [0.2, 0.25) is 5.88 Å². The van der Waals surface area contributed by atoms with Crippen LogP contribution in [0.3, 0.4) is 0 Å². The summed E-state index contributed by atoms with van der Waals surface area (Å²) in [6, 6.07) is 3.28. The first-order chi connectivity index (χ1) is 11.7. The molecule has 0 saturated carbocycles. The second-order valence-corrected chi connectivity index (χ2v) is 5.40. The lowest BCUT2D eigenvalue weighted by atomic mass is 10.0. The topological polar surface area (TPSA) is 105 Å². The Kier molecular flexibility index (Phi) is 4.90. The molecule has 1 saturated heterocycles. The molecule has 3 heterocycles. The number of urea groups is 1. The maximum Gasteiger partial charge on any atom is 0.322 e. The second-order valence-electron chi connectivity index (χ2n) is 5.40. The van der Waals surface area contributed by atoms with E-state index in [0.717, 1.165) is 5.69 Å². The highest BCUT2D eigenvalue weighted by atomic mass is 16.5. The minimum atomic E-state index is -0.225. The standard InChI is InChI=1S/C15H20N6O3/c1-3-24-14-11(5-4-6-16-14)18-15(22)21-8-10(13(9-21)23-2)12-7-17-20-19-12/h4-7,10,13H,3,8-9H2,1-2H3,(H,18,22)(H,17,19,20)/t10-,13+/m0/s1. The van der Waals surface area contributed by atoms with Crippen molar-refractivity contribution >= 4 is 11.7 Å². The number of hydrogen-bond acceptors (Lipinski definition) is 6. The zero-order valence-electron chi connectivity index (χ0n) is 13.6. The molecule has 1 fully saturated rings. The SMILES string of the molecule is CCOc1ncccc1NC(=O)N1C[C@@H](OC)[C@H](c2cn[nH]n2)C1. The molecule has 2 aromatic rings. The zero-order chi connectivity index (χ0) is 16.9. The number of rotatable bonds is 5. The van der Waals surface area contributed by atoms with Crippen molar-refractivity contribution in [2.45, 2.75) is 18.9 Å². The summed E-state index contributed by atoms with van der Waals surface area (Å²) in [4.78, 5) is 18.4. The second kappa shape index (κ2) is 7.26. The Morgan fingerprint density at radius 1 is 1.50 bits per heavy atom. The van der Waals surface area contributed by atoms with Crippen LogP contribution in [0, 0.1) is 0 Å². The van der Waals surface area contributed by atoms with Gasteiger partial charge in [-0.1, -0.05) is 0 Å². The van der Waals surface area contributed by atoms with E-state index in [1.807, 2.05) is 6.92 Å². The molecule has 2 aromatic heterocycles. The maximum absolute atomic E-state index is 12.6. The molecule has 9 nitrogen and oxygen atoms in total. The highest BCUT2D eigenvalue weighted by Crippen LogP contribution is 2.29. The van der Waals surface area contributed by atoms with Crippen molar-refractivity contribution in [2.75, 3.05) is 32.1 Å². The fourth-order valence-corrected chi connectivity index (χ4v) is 2.78. The molecular formula is C15H20N6O3. The Bertz CT molecular complexity index is 678. The van der Waals surface area contributed by atoms with Crippen LogP contribution in [0.1, 0.15) is 18.5 Å². The largest absolute Gasteiger partial charge is 0.476 e. The average molecular weight is 332 g/mol. The first-order valence-electron chi connectivity index (χ1n) is 7.75. The van der Waals surface area contributed by atoms with Crippen LogP contribution in [0.15, 0.2) is 24.5 Å². The van der Waals surface area contributed by atoms with Gasteiger partial charge in [0, 0.05) is 26.4 Å². The van der Waals surface area contributed by atoms with Crippen LogP contribution in [-0.4, -0.2) is 64.2 Å². The van der Waals surface area contributed by atoms with Crippen molar-refractivity contribution in [3.8, 4) is 5.88 Å². The number of aromatic nitrogens is 4. The van der Waals surface area contributed by atoms with E-state index in [1.54, 1.807) is 36.5 Å². The van der Waals surface area contributed by atoms with Crippen LogP contribution in [0.4, 0.5) is 10.5 Å². The maximum atomic E-state index is 12.6. The number of carbonyl (C=O) groups excluding carboxylic acids is 1. The van der Waals surface area contributed by atoms with Gasteiger partial charge in [0.05, 0.1) is 30.5 Å². The highest BCUT2D eigenvalue weighted by molar-refractivity contribution is 5.90. The highest BCUT2D eigenvalue weighted by Gasteiger charge is 2.38. The van der Waals surface area contributed by atoms with Crippen LogP contribution in [0.2, 0.25) is 0 Å². The van der Waals surface area contributed by atoms with Crippen molar-refractivity contribution in [2.24, 2.45) is 0 Å². The molecule has 3 rings (SSSR count). The number of amides is 2. The fourth-order valence-electron chi connectivity index (χ4n) is 2.78. The van der Waals surface area contributed by atoms with Crippen molar-refractivity contribution in [3.05, 3.63) is 30.2 Å². The van der Waals surface area contributed by atoms with Gasteiger partial charge in [0.25, 0.3) is 0 Å². The zero-order valence-corrected chi connectivity index (χ0v) is 13.6. The van der Waals surface area contributed by atoms with Gasteiger partial charge in [0.15, 0.2) is 0 Å². The number of likely N-dealkylation sites (tertiary alicyclic amines) is 1. The van der Waals surface area contributed by atoms with E-state index in [4.69, 9.17) is 9.47 Å². The minimum Gasteiger partial charge on any atom is -0.476 e. The Morgan fingerprint density at radius 3 is 3.08 bits per heavy atom. The molecule has 1 aliphatic heterocycles. The van der Waals surface area contributed by atoms with E-state index in [2.05, 4.69) is 25.7 Å². The monoisotopic (exact) mass is 332 g/mol. The van der Waals surface area contributed by atoms with E-state index in [1.165, 1.54) is 0 Å². The number of anilines is 1. The average Bonchev–Trinajstić information content (AvgIpc) is 3.25. The van der Waals surface area contributed by atoms with Gasteiger partial charge in [0.1, 0.15) is 5.69 Å². The van der Waals surface area contributed by atoms with E-state index in [0.29, 0.717) is 31.3 Å². The summed E-state index contributed by atoms with van der Waals surface area (Å²) >= 11 is 0. The van der Waals surface area contributed by atoms with Gasteiger partial charge in [-0.3, -0.25) is 0 Å². The summed E-state index contributed by atoms with van der Waals surface area (Å²) in [5.74, 6) is 0.392. The van der Waals surface area contributed by atoms with Crippen molar-refractivity contribution < 1.29 is 14.3 Å². The van der Waals surface area contributed by atoms with Gasteiger partial charge in [-0.25, -0.2) is 9.78 Å². The third-order valence-corrected chi connectivity index (χ3v) is 3.96. The van der Waals surface area contributed by atoms with Crippen molar-refractivity contribution in [1.29, 1.82) is 0 Å². The molecule has 24 heavy (non-hydrogen) atoms. The van der Waals surface area contributed by atoms with Crippen LogP contribution in [-0.2, 0) is 4.74 Å². The molecule has 2 amide bonds. The predicted octanol–water partition coefficient (Wildman–Crippen LogP) is 1.24. The number of nitrogens with zero attached hydrogens (tertiary/aromatic N) is 4. The third kappa shape index (κ3) is 3.30. The lowest BCUT2D eigenvalue weighted by Gasteiger charge is -2.18. The summed E-state index contributed by atoms with van der Waals surface area (Å²) in [6.45, 7) is 3.32. The Morgan fingerprint density at radius 2 is 2.38 bits per heavy atom. The number of nitrogens with one attached hydrogen (secondary N) is 2. The molecular weight excluding hydrogens is 312 g/mol. The van der Waals surface area contributed by atoms with E-state index in [-0.39, 0.29) is 18.1 Å². The van der Waals surface area contributed by atoms with E-state index >= 15 is 0 Å². The fraction of sp³-hybridized carbons (Fsp3) is 0.467. The molecule has 0 bridgehead atoms. The Labute approximate surface area is 139 Å². The molecule has 0 spiro atoms. The number of H-pyrrole nitrogens is 1. The first kappa shape index (κ1) is 16.2. The quantitative estimate of drug-likeness (QED) is 0.853. The number of methoxy groups -OCH3 is 1. The summed E-state index contributed by atoms with van der Waals surface area (Å²) in [6.07, 6.45) is 3.16. The summed E-state index contributed by atoms with van der Waals surface area (Å²) in [7, 11) is 1.63. The summed E-state index contributed by atoms with van der Waals surface area (Å²) in [5, 5.41) is 13.4. The van der Waals surface area contributed by atoms with E-state index < -0.39 is 0 Å².